The molecule has 1 aliphatic carbocycles. The third-order valence-electron chi connectivity index (χ3n) is 2.93. The van der Waals surface area contributed by atoms with Crippen molar-refractivity contribution < 1.29 is 0 Å². The van der Waals surface area contributed by atoms with Gasteiger partial charge in [0.1, 0.15) is 0 Å². The van der Waals surface area contributed by atoms with Crippen LogP contribution in [0.1, 0.15) is 25.7 Å². The summed E-state index contributed by atoms with van der Waals surface area (Å²) < 4.78 is 0. The number of nitrogens with one attached hydrogen (secondary N) is 1. The van der Waals surface area contributed by atoms with Crippen molar-refractivity contribution in [1.29, 1.82) is 0 Å². The summed E-state index contributed by atoms with van der Waals surface area (Å²) in [6, 6.07) is 0. The van der Waals surface area contributed by atoms with E-state index in [0.717, 1.165) is 5.25 Å². The molecule has 0 aromatic rings. The fraction of sp³-hybridized carbons (Fsp3) is 1.00. The maximum Gasteiger partial charge on any atom is 0.0107 e. The van der Waals surface area contributed by atoms with E-state index in [-0.39, 0.29) is 0 Å². The lowest BCUT2D eigenvalue weighted by molar-refractivity contribution is 0.294. The van der Waals surface area contributed by atoms with E-state index in [2.05, 4.69) is 22.0 Å². The zero-order valence-electron chi connectivity index (χ0n) is 9.00. The zero-order valence-corrected chi connectivity index (χ0v) is 9.82. The SMILES string of the molecule is C1CNCCN(CCCSC2CC2)C1. The summed E-state index contributed by atoms with van der Waals surface area (Å²) in [6.45, 7) is 6.29. The molecule has 1 saturated heterocycles. The molecular weight excluding hydrogens is 192 g/mol. The van der Waals surface area contributed by atoms with Crippen molar-refractivity contribution in [2.45, 2.75) is 30.9 Å². The second-order valence-electron chi connectivity index (χ2n) is 4.37. The molecule has 2 rings (SSSR count). The van der Waals surface area contributed by atoms with Crippen LogP contribution in [-0.4, -0.2) is 48.6 Å². The second-order valence-corrected chi connectivity index (χ2v) is 5.78. The summed E-state index contributed by atoms with van der Waals surface area (Å²) in [4.78, 5) is 2.62. The molecule has 2 aliphatic rings. The highest BCUT2D eigenvalue weighted by molar-refractivity contribution is 8.00. The molecule has 0 aromatic heterocycles. The van der Waals surface area contributed by atoms with E-state index in [0.29, 0.717) is 0 Å². The molecule has 14 heavy (non-hydrogen) atoms. The Hall–Kier alpha value is 0.270. The second kappa shape index (κ2) is 5.99. The molecule has 0 amide bonds. The Morgan fingerprint density at radius 1 is 1.21 bits per heavy atom. The molecule has 1 saturated carbocycles. The third kappa shape index (κ3) is 4.20. The molecule has 0 radical (unpaired) electrons. The first-order chi connectivity index (χ1) is 6.95. The highest BCUT2D eigenvalue weighted by Gasteiger charge is 2.21. The van der Waals surface area contributed by atoms with Crippen molar-refractivity contribution in [3.8, 4) is 0 Å². The maximum absolute atomic E-state index is 3.45. The van der Waals surface area contributed by atoms with Gasteiger partial charge in [-0.1, -0.05) is 0 Å². The molecule has 0 unspecified atom stereocenters. The van der Waals surface area contributed by atoms with Crippen LogP contribution in [0, 0.1) is 0 Å². The number of hydrogen-bond donors (Lipinski definition) is 1. The Morgan fingerprint density at radius 3 is 3.00 bits per heavy atom. The van der Waals surface area contributed by atoms with E-state index in [1.165, 1.54) is 64.2 Å². The number of nitrogens with zero attached hydrogens (tertiary/aromatic N) is 1. The summed E-state index contributed by atoms with van der Waals surface area (Å²) in [5.41, 5.74) is 0. The Kier molecular flexibility index (Phi) is 4.61. The molecule has 2 nitrogen and oxygen atoms in total. The van der Waals surface area contributed by atoms with E-state index in [1.54, 1.807) is 0 Å². The van der Waals surface area contributed by atoms with Gasteiger partial charge < -0.3 is 10.2 Å². The summed E-state index contributed by atoms with van der Waals surface area (Å²) >= 11 is 2.19. The molecule has 0 atom stereocenters. The minimum Gasteiger partial charge on any atom is -0.315 e. The topological polar surface area (TPSA) is 15.3 Å². The van der Waals surface area contributed by atoms with E-state index in [4.69, 9.17) is 0 Å². The largest absolute Gasteiger partial charge is 0.315 e. The average molecular weight is 214 g/mol. The molecule has 0 aromatic carbocycles. The van der Waals surface area contributed by atoms with Crippen LogP contribution in [0.3, 0.4) is 0 Å². The summed E-state index contributed by atoms with van der Waals surface area (Å²) in [5, 5.41) is 4.49. The molecule has 0 bridgehead atoms. The van der Waals surface area contributed by atoms with E-state index in [9.17, 15) is 0 Å². The van der Waals surface area contributed by atoms with Crippen molar-refractivity contribution in [3.63, 3.8) is 0 Å². The van der Waals surface area contributed by atoms with Gasteiger partial charge in [0, 0.05) is 18.3 Å². The first-order valence-corrected chi connectivity index (χ1v) is 7.05. The lowest BCUT2D eigenvalue weighted by Gasteiger charge is -2.18. The predicted molar refractivity (Wildman–Crippen MR) is 64.0 cm³/mol. The summed E-state index contributed by atoms with van der Waals surface area (Å²) in [5.74, 6) is 1.38. The maximum atomic E-state index is 3.45. The lowest BCUT2D eigenvalue weighted by Crippen LogP contribution is -2.29. The fourth-order valence-corrected chi connectivity index (χ4v) is 3.00. The van der Waals surface area contributed by atoms with Gasteiger partial charge in [0.15, 0.2) is 0 Å². The van der Waals surface area contributed by atoms with Crippen LogP contribution in [0.25, 0.3) is 0 Å². The predicted octanol–water partition coefficient (Wildman–Crippen LogP) is 1.57. The summed E-state index contributed by atoms with van der Waals surface area (Å²) in [6.07, 6.45) is 5.69. The van der Waals surface area contributed by atoms with Gasteiger partial charge in [-0.25, -0.2) is 0 Å². The number of thioether (sulfide) groups is 1. The van der Waals surface area contributed by atoms with Crippen molar-refractivity contribution in [3.05, 3.63) is 0 Å². The van der Waals surface area contributed by atoms with Gasteiger partial charge in [0.05, 0.1) is 0 Å². The Bertz CT molecular complexity index is 151. The number of rotatable bonds is 5. The van der Waals surface area contributed by atoms with Crippen molar-refractivity contribution in [1.82, 2.24) is 10.2 Å². The van der Waals surface area contributed by atoms with Crippen molar-refractivity contribution in [2.75, 3.05) is 38.5 Å². The number of hydrogen-bond acceptors (Lipinski definition) is 3. The van der Waals surface area contributed by atoms with Crippen molar-refractivity contribution >= 4 is 11.8 Å². The van der Waals surface area contributed by atoms with E-state index >= 15 is 0 Å². The first-order valence-electron chi connectivity index (χ1n) is 6.00. The zero-order chi connectivity index (χ0) is 9.64. The molecule has 82 valence electrons. The van der Waals surface area contributed by atoms with Gasteiger partial charge in [0.2, 0.25) is 0 Å². The van der Waals surface area contributed by atoms with Crippen LogP contribution in [0.15, 0.2) is 0 Å². The van der Waals surface area contributed by atoms with Gasteiger partial charge in [-0.3, -0.25) is 0 Å². The van der Waals surface area contributed by atoms with Gasteiger partial charge in [-0.15, -0.1) is 0 Å². The fourth-order valence-electron chi connectivity index (χ4n) is 1.90. The van der Waals surface area contributed by atoms with Crippen molar-refractivity contribution in [2.24, 2.45) is 0 Å². The first kappa shape index (κ1) is 10.8. The minimum absolute atomic E-state index is 1.04. The van der Waals surface area contributed by atoms with E-state index in [1.807, 2.05) is 0 Å². The van der Waals surface area contributed by atoms with Crippen LogP contribution < -0.4 is 5.32 Å². The lowest BCUT2D eigenvalue weighted by atomic mass is 10.3. The Morgan fingerprint density at radius 2 is 2.14 bits per heavy atom. The monoisotopic (exact) mass is 214 g/mol. The normalized spacial score (nSPS) is 24.9. The Balaban J connectivity index is 1.49. The average Bonchev–Trinajstić information content (AvgIpc) is 3.01. The minimum atomic E-state index is 1.04. The van der Waals surface area contributed by atoms with Crippen LogP contribution in [-0.2, 0) is 0 Å². The molecule has 2 fully saturated rings. The highest BCUT2D eigenvalue weighted by atomic mass is 32.2. The molecule has 0 spiro atoms. The molecule has 1 heterocycles. The van der Waals surface area contributed by atoms with Gasteiger partial charge in [-0.05, 0) is 51.1 Å². The van der Waals surface area contributed by atoms with E-state index < -0.39 is 0 Å². The molecule has 1 N–H and O–H groups in total. The quantitative estimate of drug-likeness (QED) is 0.699. The van der Waals surface area contributed by atoms with Crippen LogP contribution in [0.5, 0.6) is 0 Å². The smallest absolute Gasteiger partial charge is 0.0107 e. The Labute approximate surface area is 91.8 Å². The highest BCUT2D eigenvalue weighted by Crippen LogP contribution is 2.34. The summed E-state index contributed by atoms with van der Waals surface area (Å²) in [7, 11) is 0. The van der Waals surface area contributed by atoms with Crippen LogP contribution in [0.2, 0.25) is 0 Å². The molecule has 3 heteroatoms. The molecular formula is C11H22N2S. The van der Waals surface area contributed by atoms with Gasteiger partial charge >= 0.3 is 0 Å². The van der Waals surface area contributed by atoms with Crippen LogP contribution in [0.4, 0.5) is 0 Å². The van der Waals surface area contributed by atoms with Gasteiger partial charge in [0.25, 0.3) is 0 Å². The van der Waals surface area contributed by atoms with Gasteiger partial charge in [-0.2, -0.15) is 11.8 Å². The standard InChI is InChI=1S/C11H22N2S/c1-5-12-6-9-13(7-1)8-2-10-14-11-3-4-11/h11-12H,1-10H2. The molecule has 1 aliphatic heterocycles. The third-order valence-corrected chi connectivity index (χ3v) is 4.40. The van der Waals surface area contributed by atoms with Crippen LogP contribution >= 0.6 is 11.8 Å².